The minimum absolute atomic E-state index is 0.0393. The summed E-state index contributed by atoms with van der Waals surface area (Å²) in [7, 11) is 0. The third-order valence-corrected chi connectivity index (χ3v) is 2.60. The summed E-state index contributed by atoms with van der Waals surface area (Å²) in [4.78, 5) is 11.2. The van der Waals surface area contributed by atoms with Crippen molar-refractivity contribution in [3.63, 3.8) is 0 Å². The highest BCUT2D eigenvalue weighted by Gasteiger charge is 2.00. The Kier molecular flexibility index (Phi) is 6.37. The van der Waals surface area contributed by atoms with Gasteiger partial charge in [-0.25, -0.2) is 0 Å². The molecule has 2 nitrogen and oxygen atoms in total. The van der Waals surface area contributed by atoms with Crippen LogP contribution >= 0.6 is 0 Å². The molecule has 0 fully saturated rings. The van der Waals surface area contributed by atoms with Gasteiger partial charge in [-0.05, 0) is 23.3 Å². The predicted molar refractivity (Wildman–Crippen MR) is 82.1 cm³/mol. The van der Waals surface area contributed by atoms with Crippen LogP contribution in [0.3, 0.4) is 0 Å². The number of carbonyl (C=O) groups is 1. The molecule has 1 N–H and O–H groups in total. The van der Waals surface area contributed by atoms with E-state index >= 15 is 0 Å². The van der Waals surface area contributed by atoms with Crippen LogP contribution in [-0.2, 0) is 4.79 Å². The molecule has 2 rings (SSSR count). The molecule has 0 aliphatic heterocycles. The molecule has 0 aliphatic carbocycles. The fourth-order valence-electron chi connectivity index (χ4n) is 1.63. The van der Waals surface area contributed by atoms with Crippen LogP contribution < -0.4 is 5.32 Å². The van der Waals surface area contributed by atoms with E-state index in [1.807, 2.05) is 63.2 Å². The van der Waals surface area contributed by atoms with Gasteiger partial charge in [0.1, 0.15) is 0 Å². The maximum atomic E-state index is 11.2. The highest BCUT2D eigenvalue weighted by molar-refractivity contribution is 5.90. The summed E-state index contributed by atoms with van der Waals surface area (Å²) < 4.78 is 0. The number of benzene rings is 2. The van der Waals surface area contributed by atoms with Gasteiger partial charge < -0.3 is 5.32 Å². The highest BCUT2D eigenvalue weighted by atomic mass is 16.1. The summed E-state index contributed by atoms with van der Waals surface area (Å²) in [5.41, 5.74) is 3.18. The van der Waals surface area contributed by atoms with Crippen LogP contribution in [0.15, 0.2) is 54.6 Å². The van der Waals surface area contributed by atoms with Gasteiger partial charge in [0.15, 0.2) is 0 Å². The molecule has 2 heteroatoms. The minimum Gasteiger partial charge on any atom is -0.326 e. The normalized spacial score (nSPS) is 9.21. The Bertz CT molecular complexity index is 488. The van der Waals surface area contributed by atoms with Crippen LogP contribution in [0.25, 0.3) is 11.1 Å². The van der Waals surface area contributed by atoms with Crippen molar-refractivity contribution < 1.29 is 4.79 Å². The van der Waals surface area contributed by atoms with E-state index in [4.69, 9.17) is 0 Å². The Balaban J connectivity index is 0.000000861. The van der Waals surface area contributed by atoms with Crippen molar-refractivity contribution in [3.8, 4) is 11.1 Å². The van der Waals surface area contributed by atoms with E-state index in [1.54, 1.807) is 0 Å². The number of rotatable bonds is 3. The molecule has 100 valence electrons. The van der Waals surface area contributed by atoms with Crippen molar-refractivity contribution in [2.24, 2.45) is 0 Å². The molecule has 2 aromatic carbocycles. The Morgan fingerprint density at radius 3 is 1.95 bits per heavy atom. The summed E-state index contributed by atoms with van der Waals surface area (Å²) in [5.74, 6) is 0.0393. The molecular formula is C17H21NO. The number of amides is 1. The Labute approximate surface area is 115 Å². The Morgan fingerprint density at radius 2 is 1.42 bits per heavy atom. The van der Waals surface area contributed by atoms with E-state index in [1.165, 1.54) is 5.56 Å². The molecule has 0 bridgehead atoms. The lowest BCUT2D eigenvalue weighted by molar-refractivity contribution is -0.115. The molecule has 0 saturated heterocycles. The number of carbonyl (C=O) groups excluding carboxylic acids is 1. The zero-order chi connectivity index (χ0) is 14.1. The largest absolute Gasteiger partial charge is 0.326 e. The Hall–Kier alpha value is -2.09. The van der Waals surface area contributed by atoms with Gasteiger partial charge in [0.05, 0.1) is 0 Å². The molecule has 19 heavy (non-hydrogen) atoms. The highest BCUT2D eigenvalue weighted by Crippen LogP contribution is 2.20. The van der Waals surface area contributed by atoms with Crippen molar-refractivity contribution in [1.29, 1.82) is 0 Å². The topological polar surface area (TPSA) is 29.1 Å². The van der Waals surface area contributed by atoms with Crippen molar-refractivity contribution >= 4 is 11.6 Å². The molecule has 0 spiro atoms. The molecule has 0 aliphatic rings. The average molecular weight is 255 g/mol. The second-order valence-corrected chi connectivity index (χ2v) is 3.85. The van der Waals surface area contributed by atoms with E-state index in [2.05, 4.69) is 17.4 Å². The van der Waals surface area contributed by atoms with Crippen LogP contribution in [0.1, 0.15) is 27.2 Å². The lowest BCUT2D eigenvalue weighted by atomic mass is 10.1. The molecule has 0 unspecified atom stereocenters. The van der Waals surface area contributed by atoms with Crippen molar-refractivity contribution in [3.05, 3.63) is 54.6 Å². The smallest absolute Gasteiger partial charge is 0.224 e. The zero-order valence-electron chi connectivity index (χ0n) is 11.8. The van der Waals surface area contributed by atoms with E-state index < -0.39 is 0 Å². The van der Waals surface area contributed by atoms with E-state index in [9.17, 15) is 4.79 Å². The number of anilines is 1. The standard InChI is InChI=1S/C15H15NO.C2H6/c1-2-15(17)16-14-10-8-13(9-11-14)12-6-4-3-5-7-12;1-2/h3-11H,2H2,1H3,(H,16,17);1-2H3. The first-order valence-electron chi connectivity index (χ1n) is 6.75. The molecule has 0 saturated carbocycles. The van der Waals surface area contributed by atoms with Crippen LogP contribution in [0.2, 0.25) is 0 Å². The summed E-state index contributed by atoms with van der Waals surface area (Å²) >= 11 is 0. The van der Waals surface area contributed by atoms with Gasteiger partial charge in [-0.1, -0.05) is 63.2 Å². The SMILES string of the molecule is CC.CCC(=O)Nc1ccc(-c2ccccc2)cc1. The maximum absolute atomic E-state index is 11.2. The number of nitrogens with one attached hydrogen (secondary N) is 1. The van der Waals surface area contributed by atoms with Crippen molar-refractivity contribution in [2.45, 2.75) is 27.2 Å². The van der Waals surface area contributed by atoms with Gasteiger partial charge in [-0.15, -0.1) is 0 Å². The fourth-order valence-corrected chi connectivity index (χ4v) is 1.63. The van der Waals surface area contributed by atoms with Gasteiger partial charge in [0, 0.05) is 12.1 Å². The monoisotopic (exact) mass is 255 g/mol. The minimum atomic E-state index is 0.0393. The molecule has 0 aromatic heterocycles. The van der Waals surface area contributed by atoms with Gasteiger partial charge in [-0.3, -0.25) is 4.79 Å². The van der Waals surface area contributed by atoms with Crippen LogP contribution in [0.4, 0.5) is 5.69 Å². The van der Waals surface area contributed by atoms with Crippen molar-refractivity contribution in [2.75, 3.05) is 5.32 Å². The van der Waals surface area contributed by atoms with E-state index in [0.29, 0.717) is 6.42 Å². The van der Waals surface area contributed by atoms with Gasteiger partial charge >= 0.3 is 0 Å². The zero-order valence-corrected chi connectivity index (χ0v) is 11.8. The molecule has 0 atom stereocenters. The quantitative estimate of drug-likeness (QED) is 0.844. The van der Waals surface area contributed by atoms with E-state index in [0.717, 1.165) is 11.3 Å². The first kappa shape index (κ1) is 15.0. The van der Waals surface area contributed by atoms with Gasteiger partial charge in [0.2, 0.25) is 5.91 Å². The Morgan fingerprint density at radius 1 is 0.895 bits per heavy atom. The first-order valence-corrected chi connectivity index (χ1v) is 6.75. The number of hydrogen-bond donors (Lipinski definition) is 1. The van der Waals surface area contributed by atoms with Crippen molar-refractivity contribution in [1.82, 2.24) is 0 Å². The molecule has 0 heterocycles. The summed E-state index contributed by atoms with van der Waals surface area (Å²) in [6.07, 6.45) is 0.500. The number of hydrogen-bond acceptors (Lipinski definition) is 1. The average Bonchev–Trinajstić information content (AvgIpc) is 2.51. The molecular weight excluding hydrogens is 234 g/mol. The molecule has 1 amide bonds. The fraction of sp³-hybridized carbons (Fsp3) is 0.235. The lowest BCUT2D eigenvalue weighted by Crippen LogP contribution is -2.08. The third-order valence-electron chi connectivity index (χ3n) is 2.60. The second kappa shape index (κ2) is 8.09. The summed E-state index contributed by atoms with van der Waals surface area (Å²) in [6.45, 7) is 5.84. The maximum Gasteiger partial charge on any atom is 0.224 e. The van der Waals surface area contributed by atoms with Gasteiger partial charge in [0.25, 0.3) is 0 Å². The molecule has 0 radical (unpaired) electrons. The first-order chi connectivity index (χ1) is 9.29. The van der Waals surface area contributed by atoms with Gasteiger partial charge in [-0.2, -0.15) is 0 Å². The van der Waals surface area contributed by atoms with E-state index in [-0.39, 0.29) is 5.91 Å². The summed E-state index contributed by atoms with van der Waals surface area (Å²) in [6, 6.07) is 18.1. The second-order valence-electron chi connectivity index (χ2n) is 3.85. The van der Waals surface area contributed by atoms with Crippen LogP contribution in [0, 0.1) is 0 Å². The van der Waals surface area contributed by atoms with Crippen LogP contribution in [-0.4, -0.2) is 5.91 Å². The third kappa shape index (κ3) is 4.59. The van der Waals surface area contributed by atoms with Crippen LogP contribution in [0.5, 0.6) is 0 Å². The summed E-state index contributed by atoms with van der Waals surface area (Å²) in [5, 5.41) is 2.83. The lowest BCUT2D eigenvalue weighted by Gasteiger charge is -2.05. The molecule has 2 aromatic rings. The predicted octanol–water partition coefficient (Wildman–Crippen LogP) is 4.73.